The van der Waals surface area contributed by atoms with E-state index in [9.17, 15) is 0 Å². The van der Waals surface area contributed by atoms with Crippen molar-refractivity contribution in [2.24, 2.45) is 0 Å². The number of hydrogen-bond donors (Lipinski definition) is 1. The van der Waals surface area contributed by atoms with E-state index in [0.29, 0.717) is 16.7 Å². The van der Waals surface area contributed by atoms with Gasteiger partial charge in [0, 0.05) is 27.7 Å². The topological polar surface area (TPSA) is 24.5 Å². The molecule has 3 nitrogen and oxygen atoms in total. The minimum atomic E-state index is 0.338. The van der Waals surface area contributed by atoms with Crippen molar-refractivity contribution in [2.75, 3.05) is 27.2 Å². The van der Waals surface area contributed by atoms with Crippen LogP contribution in [0.1, 0.15) is 17.5 Å². The predicted octanol–water partition coefficient (Wildman–Crippen LogP) is 5.77. The Hall–Kier alpha value is -1.78. The standard InChI is InChI=1S/C23H26Cl2N2O/c1-27(2)14-6-13-26-15-19-18-8-4-3-7-17(18)11-12-23(19)28-16-20-21(24)9-5-10-22(20)25/h3-5,7-12,26H,6,13-16H2,1-2H3. The normalized spacial score (nSPS) is 11.3. The van der Waals surface area contributed by atoms with Crippen molar-refractivity contribution >= 4 is 34.0 Å². The molecule has 0 fully saturated rings. The minimum Gasteiger partial charge on any atom is -0.488 e. The Morgan fingerprint density at radius 2 is 1.64 bits per heavy atom. The molecular formula is C23H26Cl2N2O. The summed E-state index contributed by atoms with van der Waals surface area (Å²) >= 11 is 12.6. The first kappa shape index (κ1) is 20.9. The molecule has 0 aromatic heterocycles. The molecule has 0 unspecified atom stereocenters. The van der Waals surface area contributed by atoms with Crippen LogP contribution in [0.15, 0.2) is 54.6 Å². The molecule has 0 spiro atoms. The second-order valence-corrected chi connectivity index (χ2v) is 7.90. The monoisotopic (exact) mass is 416 g/mol. The summed E-state index contributed by atoms with van der Waals surface area (Å²) < 4.78 is 6.17. The summed E-state index contributed by atoms with van der Waals surface area (Å²) in [4.78, 5) is 2.20. The van der Waals surface area contributed by atoms with E-state index in [1.807, 2.05) is 24.3 Å². The molecule has 0 aliphatic heterocycles. The van der Waals surface area contributed by atoms with Crippen molar-refractivity contribution in [1.29, 1.82) is 0 Å². The number of ether oxygens (including phenoxy) is 1. The third-order valence-corrected chi connectivity index (χ3v) is 5.40. The van der Waals surface area contributed by atoms with Crippen LogP contribution in [-0.2, 0) is 13.2 Å². The van der Waals surface area contributed by atoms with Gasteiger partial charge in [0.1, 0.15) is 12.4 Å². The van der Waals surface area contributed by atoms with Crippen LogP contribution < -0.4 is 10.1 Å². The van der Waals surface area contributed by atoms with E-state index in [4.69, 9.17) is 27.9 Å². The molecular weight excluding hydrogens is 391 g/mol. The maximum absolute atomic E-state index is 6.29. The molecule has 0 radical (unpaired) electrons. The van der Waals surface area contributed by atoms with Crippen molar-refractivity contribution in [3.05, 3.63) is 75.8 Å². The molecule has 5 heteroatoms. The zero-order chi connectivity index (χ0) is 19.9. The molecule has 0 heterocycles. The second-order valence-electron chi connectivity index (χ2n) is 7.09. The average Bonchev–Trinajstić information content (AvgIpc) is 2.68. The van der Waals surface area contributed by atoms with Gasteiger partial charge in [-0.2, -0.15) is 0 Å². The number of rotatable bonds is 9. The van der Waals surface area contributed by atoms with Crippen molar-refractivity contribution in [1.82, 2.24) is 10.2 Å². The van der Waals surface area contributed by atoms with Gasteiger partial charge in [-0.05, 0) is 62.6 Å². The van der Waals surface area contributed by atoms with Crippen molar-refractivity contribution in [2.45, 2.75) is 19.6 Å². The maximum atomic E-state index is 6.29. The van der Waals surface area contributed by atoms with Crippen LogP contribution in [0.25, 0.3) is 10.8 Å². The number of benzene rings is 3. The van der Waals surface area contributed by atoms with Gasteiger partial charge in [-0.15, -0.1) is 0 Å². The highest BCUT2D eigenvalue weighted by Gasteiger charge is 2.11. The molecule has 28 heavy (non-hydrogen) atoms. The highest BCUT2D eigenvalue weighted by Crippen LogP contribution is 2.31. The molecule has 3 aromatic rings. The van der Waals surface area contributed by atoms with E-state index in [-0.39, 0.29) is 0 Å². The molecule has 3 aromatic carbocycles. The van der Waals surface area contributed by atoms with E-state index < -0.39 is 0 Å². The van der Waals surface area contributed by atoms with Crippen LogP contribution >= 0.6 is 23.2 Å². The average molecular weight is 417 g/mol. The second kappa shape index (κ2) is 10.1. The highest BCUT2D eigenvalue weighted by atomic mass is 35.5. The molecule has 0 atom stereocenters. The molecule has 0 aliphatic rings. The fraction of sp³-hybridized carbons (Fsp3) is 0.304. The molecule has 3 rings (SSSR count). The van der Waals surface area contributed by atoms with E-state index in [2.05, 4.69) is 54.6 Å². The van der Waals surface area contributed by atoms with Gasteiger partial charge in [0.05, 0.1) is 0 Å². The van der Waals surface area contributed by atoms with Gasteiger partial charge in [-0.25, -0.2) is 0 Å². The van der Waals surface area contributed by atoms with Crippen molar-refractivity contribution < 1.29 is 4.74 Å². The summed E-state index contributed by atoms with van der Waals surface area (Å²) in [6.45, 7) is 3.11. The van der Waals surface area contributed by atoms with Gasteiger partial charge >= 0.3 is 0 Å². The zero-order valence-corrected chi connectivity index (χ0v) is 17.9. The molecule has 0 aliphatic carbocycles. The predicted molar refractivity (Wildman–Crippen MR) is 120 cm³/mol. The lowest BCUT2D eigenvalue weighted by Gasteiger charge is -2.16. The van der Waals surface area contributed by atoms with E-state index in [1.165, 1.54) is 10.8 Å². The SMILES string of the molecule is CN(C)CCCNCc1c(OCc2c(Cl)cccc2Cl)ccc2ccccc12. The zero-order valence-electron chi connectivity index (χ0n) is 16.3. The van der Waals surface area contributed by atoms with Gasteiger partial charge in [0.2, 0.25) is 0 Å². The lowest BCUT2D eigenvalue weighted by atomic mass is 10.0. The third-order valence-electron chi connectivity index (χ3n) is 4.69. The Labute approximate surface area is 177 Å². The van der Waals surface area contributed by atoms with Gasteiger partial charge < -0.3 is 15.0 Å². The van der Waals surface area contributed by atoms with Gasteiger partial charge in [0.25, 0.3) is 0 Å². The third kappa shape index (κ3) is 5.39. The first-order chi connectivity index (χ1) is 13.6. The lowest BCUT2D eigenvalue weighted by Crippen LogP contribution is -2.21. The van der Waals surface area contributed by atoms with Gasteiger partial charge in [0.15, 0.2) is 0 Å². The quantitative estimate of drug-likeness (QED) is 0.448. The largest absolute Gasteiger partial charge is 0.488 e. The van der Waals surface area contributed by atoms with Gasteiger partial charge in [-0.3, -0.25) is 0 Å². The number of fused-ring (bicyclic) bond motifs is 1. The first-order valence-corrected chi connectivity index (χ1v) is 10.2. The summed E-state index contributed by atoms with van der Waals surface area (Å²) in [6.07, 6.45) is 1.10. The number of nitrogens with one attached hydrogen (secondary N) is 1. The highest BCUT2D eigenvalue weighted by molar-refractivity contribution is 6.35. The van der Waals surface area contributed by atoms with E-state index in [1.54, 1.807) is 0 Å². The fourth-order valence-corrected chi connectivity index (χ4v) is 3.69. The van der Waals surface area contributed by atoms with Crippen LogP contribution in [0, 0.1) is 0 Å². The van der Waals surface area contributed by atoms with Crippen LogP contribution in [-0.4, -0.2) is 32.1 Å². The fourth-order valence-electron chi connectivity index (χ4n) is 3.19. The Morgan fingerprint density at radius 1 is 0.893 bits per heavy atom. The van der Waals surface area contributed by atoms with Crippen molar-refractivity contribution in [3.8, 4) is 5.75 Å². The van der Waals surface area contributed by atoms with Crippen LogP contribution in [0.4, 0.5) is 0 Å². The summed E-state index contributed by atoms with van der Waals surface area (Å²) in [7, 11) is 4.19. The summed E-state index contributed by atoms with van der Waals surface area (Å²) in [5.74, 6) is 0.856. The smallest absolute Gasteiger partial charge is 0.124 e. The lowest BCUT2D eigenvalue weighted by molar-refractivity contribution is 0.302. The van der Waals surface area contributed by atoms with Gasteiger partial charge in [-0.1, -0.05) is 59.6 Å². The van der Waals surface area contributed by atoms with Crippen molar-refractivity contribution in [3.63, 3.8) is 0 Å². The summed E-state index contributed by atoms with van der Waals surface area (Å²) in [5.41, 5.74) is 1.97. The molecule has 148 valence electrons. The molecule has 0 bridgehead atoms. The minimum absolute atomic E-state index is 0.338. The van der Waals surface area contributed by atoms with E-state index in [0.717, 1.165) is 42.9 Å². The van der Waals surface area contributed by atoms with Crippen LogP contribution in [0.5, 0.6) is 5.75 Å². The Kier molecular flexibility index (Phi) is 7.57. The number of halogens is 2. The first-order valence-electron chi connectivity index (χ1n) is 9.48. The molecule has 0 saturated carbocycles. The Morgan fingerprint density at radius 3 is 2.39 bits per heavy atom. The van der Waals surface area contributed by atoms with Crippen LogP contribution in [0.2, 0.25) is 10.0 Å². The summed E-state index contributed by atoms with van der Waals surface area (Å²) in [5, 5.41) is 7.20. The number of hydrogen-bond acceptors (Lipinski definition) is 3. The molecule has 0 amide bonds. The maximum Gasteiger partial charge on any atom is 0.124 e. The Bertz CT molecular complexity index is 907. The Balaban J connectivity index is 1.78. The van der Waals surface area contributed by atoms with Crippen LogP contribution in [0.3, 0.4) is 0 Å². The van der Waals surface area contributed by atoms with E-state index >= 15 is 0 Å². The molecule has 1 N–H and O–H groups in total. The molecule has 0 saturated heterocycles. The summed E-state index contributed by atoms with van der Waals surface area (Å²) in [6, 6.07) is 18.0. The number of nitrogens with zero attached hydrogens (tertiary/aromatic N) is 1.